The molecule has 108 valence electrons. The Kier molecular flexibility index (Phi) is 5.16. The highest BCUT2D eigenvalue weighted by molar-refractivity contribution is 9.10. The first-order chi connectivity index (χ1) is 9.51. The summed E-state index contributed by atoms with van der Waals surface area (Å²) in [5.41, 5.74) is 0.319. The molecule has 5 nitrogen and oxygen atoms in total. The van der Waals surface area contributed by atoms with Crippen LogP contribution in [-0.4, -0.2) is 28.1 Å². The van der Waals surface area contributed by atoms with Crippen LogP contribution in [0.25, 0.3) is 0 Å². The maximum absolute atomic E-state index is 12.2. The minimum Gasteiger partial charge on any atom is -0.316 e. The van der Waals surface area contributed by atoms with Crippen molar-refractivity contribution in [3.63, 3.8) is 0 Å². The lowest BCUT2D eigenvalue weighted by molar-refractivity contribution is 0.519. The smallest absolute Gasteiger partial charge is 0.240 e. The van der Waals surface area contributed by atoms with Gasteiger partial charge in [-0.05, 0) is 50.0 Å². The molecule has 1 aromatic rings. The summed E-state index contributed by atoms with van der Waals surface area (Å²) in [4.78, 5) is 0.118. The van der Waals surface area contributed by atoms with Crippen LogP contribution in [0.5, 0.6) is 0 Å². The van der Waals surface area contributed by atoms with E-state index >= 15 is 0 Å². The molecule has 1 aromatic carbocycles. The van der Waals surface area contributed by atoms with Crippen LogP contribution >= 0.6 is 15.9 Å². The quantitative estimate of drug-likeness (QED) is 0.838. The van der Waals surface area contributed by atoms with E-state index < -0.39 is 10.0 Å². The van der Waals surface area contributed by atoms with Crippen LogP contribution in [0.3, 0.4) is 0 Å². The van der Waals surface area contributed by atoms with Crippen molar-refractivity contribution in [3.05, 3.63) is 28.2 Å². The van der Waals surface area contributed by atoms with Gasteiger partial charge < -0.3 is 5.32 Å². The molecular formula is C13H16BrN3O2S. The molecule has 1 saturated heterocycles. The molecule has 1 fully saturated rings. The number of nitrogens with one attached hydrogen (secondary N) is 2. The van der Waals surface area contributed by atoms with Gasteiger partial charge in [-0.25, -0.2) is 13.1 Å². The molecule has 2 rings (SSSR count). The van der Waals surface area contributed by atoms with Gasteiger partial charge in [-0.1, -0.05) is 15.9 Å². The average Bonchev–Trinajstić information content (AvgIpc) is 2.91. The summed E-state index contributed by atoms with van der Waals surface area (Å²) in [7, 11) is -3.56. The SMILES string of the molecule is N#Cc1cc(Br)cc(S(=O)(=O)NCCC2CCNC2)c1. The Hall–Kier alpha value is -0.940. The summed E-state index contributed by atoms with van der Waals surface area (Å²) in [6.07, 6.45) is 1.92. The van der Waals surface area contributed by atoms with Crippen molar-refractivity contribution in [2.75, 3.05) is 19.6 Å². The fraction of sp³-hybridized carbons (Fsp3) is 0.462. The number of nitriles is 1. The normalized spacial score (nSPS) is 18.9. The summed E-state index contributed by atoms with van der Waals surface area (Å²) in [5.74, 6) is 0.537. The van der Waals surface area contributed by atoms with Crippen LogP contribution in [0, 0.1) is 17.2 Å². The van der Waals surface area contributed by atoms with Crippen molar-refractivity contribution < 1.29 is 8.42 Å². The van der Waals surface area contributed by atoms with E-state index in [0.29, 0.717) is 22.5 Å². The van der Waals surface area contributed by atoms with Gasteiger partial charge in [0.15, 0.2) is 0 Å². The summed E-state index contributed by atoms with van der Waals surface area (Å²) in [5, 5.41) is 12.1. The lowest BCUT2D eigenvalue weighted by Gasteiger charge is -2.10. The van der Waals surface area contributed by atoms with Gasteiger partial charge in [0.05, 0.1) is 16.5 Å². The van der Waals surface area contributed by atoms with E-state index in [2.05, 4.69) is 26.0 Å². The monoisotopic (exact) mass is 357 g/mol. The largest absolute Gasteiger partial charge is 0.316 e. The van der Waals surface area contributed by atoms with E-state index in [1.54, 1.807) is 6.07 Å². The van der Waals surface area contributed by atoms with Gasteiger partial charge in [0.25, 0.3) is 0 Å². The number of hydrogen-bond donors (Lipinski definition) is 2. The Labute approximate surface area is 127 Å². The van der Waals surface area contributed by atoms with Gasteiger partial charge in [-0.2, -0.15) is 5.26 Å². The molecule has 0 saturated carbocycles. The zero-order valence-corrected chi connectivity index (χ0v) is 13.3. The minimum absolute atomic E-state index is 0.118. The third kappa shape index (κ3) is 4.03. The molecule has 7 heteroatoms. The standard InChI is InChI=1S/C13H16BrN3O2S/c14-12-5-11(8-15)6-13(7-12)20(18,19)17-4-2-10-1-3-16-9-10/h5-7,10,16-17H,1-4,9H2. The number of rotatable bonds is 5. The Balaban J connectivity index is 2.02. The van der Waals surface area contributed by atoms with Crippen LogP contribution in [0.15, 0.2) is 27.6 Å². The molecule has 0 bridgehead atoms. The fourth-order valence-corrected chi connectivity index (χ4v) is 3.99. The highest BCUT2D eigenvalue weighted by Crippen LogP contribution is 2.19. The van der Waals surface area contributed by atoms with E-state index in [9.17, 15) is 8.42 Å². The van der Waals surface area contributed by atoms with E-state index in [0.717, 1.165) is 25.9 Å². The minimum atomic E-state index is -3.56. The van der Waals surface area contributed by atoms with Crippen LogP contribution in [-0.2, 0) is 10.0 Å². The molecular weight excluding hydrogens is 342 g/mol. The first kappa shape index (κ1) is 15.4. The second kappa shape index (κ2) is 6.68. The molecule has 0 amide bonds. The van der Waals surface area contributed by atoms with Gasteiger partial charge in [0.1, 0.15) is 0 Å². The van der Waals surface area contributed by atoms with Crippen molar-refractivity contribution >= 4 is 26.0 Å². The van der Waals surface area contributed by atoms with E-state index in [-0.39, 0.29) is 4.90 Å². The summed E-state index contributed by atoms with van der Waals surface area (Å²) in [6, 6.07) is 6.42. The molecule has 1 heterocycles. The maximum Gasteiger partial charge on any atom is 0.240 e. The summed E-state index contributed by atoms with van der Waals surface area (Å²) < 4.78 is 27.5. The van der Waals surface area contributed by atoms with Gasteiger partial charge in [0.2, 0.25) is 10.0 Å². The second-order valence-corrected chi connectivity index (χ2v) is 7.52. The van der Waals surface area contributed by atoms with Gasteiger partial charge in [0, 0.05) is 11.0 Å². The lowest BCUT2D eigenvalue weighted by Crippen LogP contribution is -2.26. The van der Waals surface area contributed by atoms with Crippen molar-refractivity contribution in [2.24, 2.45) is 5.92 Å². The number of sulfonamides is 1. The highest BCUT2D eigenvalue weighted by atomic mass is 79.9. The van der Waals surface area contributed by atoms with E-state index in [4.69, 9.17) is 5.26 Å². The van der Waals surface area contributed by atoms with Crippen molar-refractivity contribution in [2.45, 2.75) is 17.7 Å². The first-order valence-corrected chi connectivity index (χ1v) is 8.70. The third-order valence-corrected chi connectivity index (χ3v) is 5.22. The second-order valence-electron chi connectivity index (χ2n) is 4.83. The van der Waals surface area contributed by atoms with Crippen molar-refractivity contribution in [1.82, 2.24) is 10.0 Å². The predicted molar refractivity (Wildman–Crippen MR) is 79.6 cm³/mol. The Bertz CT molecular complexity index is 619. The van der Waals surface area contributed by atoms with E-state index in [1.165, 1.54) is 12.1 Å². The zero-order valence-electron chi connectivity index (χ0n) is 10.9. The lowest BCUT2D eigenvalue weighted by atomic mass is 10.1. The van der Waals surface area contributed by atoms with E-state index in [1.807, 2.05) is 6.07 Å². The molecule has 20 heavy (non-hydrogen) atoms. The fourth-order valence-electron chi connectivity index (χ4n) is 2.22. The zero-order chi connectivity index (χ0) is 14.6. The number of halogens is 1. The predicted octanol–water partition coefficient (Wildman–Crippen LogP) is 1.60. The van der Waals surface area contributed by atoms with Crippen LogP contribution in [0.2, 0.25) is 0 Å². The van der Waals surface area contributed by atoms with Crippen LogP contribution < -0.4 is 10.0 Å². The number of hydrogen-bond acceptors (Lipinski definition) is 4. The molecule has 0 radical (unpaired) electrons. The average molecular weight is 358 g/mol. The molecule has 1 atom stereocenters. The van der Waals surface area contributed by atoms with Gasteiger partial charge >= 0.3 is 0 Å². The summed E-state index contributed by atoms with van der Waals surface area (Å²) in [6.45, 7) is 2.38. The van der Waals surface area contributed by atoms with Gasteiger partial charge in [-0.15, -0.1) is 0 Å². The molecule has 0 aliphatic carbocycles. The molecule has 2 N–H and O–H groups in total. The van der Waals surface area contributed by atoms with Crippen molar-refractivity contribution in [1.29, 1.82) is 5.26 Å². The topological polar surface area (TPSA) is 82.0 Å². The molecule has 1 aliphatic heterocycles. The van der Waals surface area contributed by atoms with Crippen molar-refractivity contribution in [3.8, 4) is 6.07 Å². The highest BCUT2D eigenvalue weighted by Gasteiger charge is 2.18. The molecule has 1 unspecified atom stereocenters. The summed E-state index contributed by atoms with van der Waals surface area (Å²) >= 11 is 3.22. The number of nitrogens with zero attached hydrogens (tertiary/aromatic N) is 1. The third-order valence-electron chi connectivity index (χ3n) is 3.32. The molecule has 0 aromatic heterocycles. The first-order valence-electron chi connectivity index (χ1n) is 6.42. The van der Waals surface area contributed by atoms with Crippen LogP contribution in [0.1, 0.15) is 18.4 Å². The Morgan fingerprint density at radius 1 is 1.45 bits per heavy atom. The maximum atomic E-state index is 12.2. The Morgan fingerprint density at radius 3 is 2.90 bits per heavy atom. The van der Waals surface area contributed by atoms with Crippen LogP contribution in [0.4, 0.5) is 0 Å². The molecule has 0 spiro atoms. The Morgan fingerprint density at radius 2 is 2.25 bits per heavy atom. The number of benzene rings is 1. The van der Waals surface area contributed by atoms with Gasteiger partial charge in [-0.3, -0.25) is 0 Å². The molecule has 1 aliphatic rings.